The number of fused-ring (bicyclic) bond motifs is 3. The van der Waals surface area contributed by atoms with Gasteiger partial charge in [0.05, 0.1) is 0 Å². The van der Waals surface area contributed by atoms with Crippen molar-refractivity contribution in [1.82, 2.24) is 20.2 Å². The van der Waals surface area contributed by atoms with Crippen molar-refractivity contribution in [3.8, 4) is 11.1 Å². The Morgan fingerprint density at radius 2 is 1.77 bits per heavy atom. The lowest BCUT2D eigenvalue weighted by molar-refractivity contribution is -0.118. The summed E-state index contributed by atoms with van der Waals surface area (Å²) in [6, 6.07) is 18.2. The Morgan fingerprint density at radius 3 is 2.46 bits per heavy atom. The average Bonchev–Trinajstić information content (AvgIpc) is 3.59. The first-order valence-electron chi connectivity index (χ1n) is 13.7. The number of hydrogen-bond acceptors (Lipinski definition) is 7. The molecule has 2 unspecified atom stereocenters. The van der Waals surface area contributed by atoms with Crippen LogP contribution in [-0.4, -0.2) is 69.9 Å². The summed E-state index contributed by atoms with van der Waals surface area (Å²) in [5, 5.41) is 4.74. The minimum Gasteiger partial charge on any atom is -0.356 e. The molecule has 6 rings (SSSR count). The van der Waals surface area contributed by atoms with Gasteiger partial charge in [0.15, 0.2) is 5.16 Å². The van der Waals surface area contributed by atoms with Crippen molar-refractivity contribution in [2.24, 2.45) is 0 Å². The molecule has 1 saturated carbocycles. The van der Waals surface area contributed by atoms with Crippen LogP contribution in [0.15, 0.2) is 64.8 Å². The molecule has 0 spiro atoms. The number of thioether (sulfide) groups is 2. The molecule has 9 heteroatoms. The molecule has 0 radical (unpaired) electrons. The fraction of sp³-hybridized carbons (Fsp3) is 0.400. The molecule has 1 N–H and O–H groups in total. The molecule has 2 aromatic carbocycles. The molecule has 204 valence electrons. The zero-order valence-corrected chi connectivity index (χ0v) is 24.0. The van der Waals surface area contributed by atoms with E-state index in [1.54, 1.807) is 11.8 Å². The van der Waals surface area contributed by atoms with E-state index in [-0.39, 0.29) is 18.0 Å². The summed E-state index contributed by atoms with van der Waals surface area (Å²) in [6.07, 6.45) is 2.33. The van der Waals surface area contributed by atoms with Crippen molar-refractivity contribution in [3.63, 3.8) is 0 Å². The first-order valence-corrected chi connectivity index (χ1v) is 15.5. The van der Waals surface area contributed by atoms with Gasteiger partial charge < -0.3 is 15.1 Å². The van der Waals surface area contributed by atoms with Crippen LogP contribution in [0.5, 0.6) is 0 Å². The van der Waals surface area contributed by atoms with E-state index in [1.165, 1.54) is 18.9 Å². The maximum atomic E-state index is 13.3. The van der Waals surface area contributed by atoms with Gasteiger partial charge in [-0.15, -0.1) is 0 Å². The SMILES string of the molecule is CCC12CC1c1c(nc(SCCNC(C)=O)nc1N1CCN(C(=O)c3ccc(-c4ccccc4)cc3)CC1)S2.[HH]. The molecule has 1 saturated heterocycles. The van der Waals surface area contributed by atoms with Crippen LogP contribution in [0.4, 0.5) is 5.82 Å². The third kappa shape index (κ3) is 5.26. The Hall–Kier alpha value is -3.04. The fourth-order valence-corrected chi connectivity index (χ4v) is 7.90. The van der Waals surface area contributed by atoms with E-state index in [9.17, 15) is 9.59 Å². The van der Waals surface area contributed by atoms with Gasteiger partial charge in [-0.2, -0.15) is 0 Å². The van der Waals surface area contributed by atoms with Gasteiger partial charge >= 0.3 is 0 Å². The molecular formula is C30H35N5O2S2. The first kappa shape index (κ1) is 26.2. The van der Waals surface area contributed by atoms with Crippen LogP contribution in [-0.2, 0) is 4.79 Å². The molecule has 2 fully saturated rings. The summed E-state index contributed by atoms with van der Waals surface area (Å²) >= 11 is 3.52. The number of nitrogens with one attached hydrogen (secondary N) is 1. The molecule has 0 bridgehead atoms. The quantitative estimate of drug-likeness (QED) is 0.173. The van der Waals surface area contributed by atoms with Crippen LogP contribution in [0.1, 0.15) is 50.0 Å². The monoisotopic (exact) mass is 561 g/mol. The maximum Gasteiger partial charge on any atom is 0.253 e. The van der Waals surface area contributed by atoms with Gasteiger partial charge in [0.25, 0.3) is 5.91 Å². The highest BCUT2D eigenvalue weighted by molar-refractivity contribution is 8.01. The number of carbonyl (C=O) groups is 2. The number of piperazine rings is 1. The fourth-order valence-electron chi connectivity index (χ4n) is 5.64. The molecule has 2 amide bonds. The van der Waals surface area contributed by atoms with Gasteiger partial charge in [0.1, 0.15) is 10.8 Å². The van der Waals surface area contributed by atoms with Gasteiger partial charge in [-0.05, 0) is 36.1 Å². The van der Waals surface area contributed by atoms with E-state index in [4.69, 9.17) is 9.97 Å². The van der Waals surface area contributed by atoms with Crippen molar-refractivity contribution >= 4 is 41.2 Å². The second-order valence-corrected chi connectivity index (χ2v) is 12.8. The predicted octanol–water partition coefficient (Wildman–Crippen LogP) is 5.32. The van der Waals surface area contributed by atoms with Crippen molar-refractivity contribution < 1.29 is 11.0 Å². The van der Waals surface area contributed by atoms with E-state index >= 15 is 0 Å². The van der Waals surface area contributed by atoms with Crippen LogP contribution in [0.2, 0.25) is 0 Å². The zero-order valence-electron chi connectivity index (χ0n) is 22.4. The number of amides is 2. The lowest BCUT2D eigenvalue weighted by Gasteiger charge is -2.36. The third-order valence-corrected chi connectivity index (χ3v) is 10.5. The van der Waals surface area contributed by atoms with E-state index in [0.717, 1.165) is 58.0 Å². The molecule has 39 heavy (non-hydrogen) atoms. The summed E-state index contributed by atoms with van der Waals surface area (Å²) in [6.45, 7) is 7.24. The molecule has 3 heterocycles. The summed E-state index contributed by atoms with van der Waals surface area (Å²) < 4.78 is 0.287. The maximum absolute atomic E-state index is 13.3. The van der Waals surface area contributed by atoms with E-state index < -0.39 is 0 Å². The number of carbonyl (C=O) groups excluding carboxylic acids is 2. The predicted molar refractivity (Wildman–Crippen MR) is 160 cm³/mol. The Balaban J connectivity index is 0.00000323. The summed E-state index contributed by atoms with van der Waals surface area (Å²) in [5.41, 5.74) is 4.30. The molecular weight excluding hydrogens is 526 g/mol. The third-order valence-electron chi connectivity index (χ3n) is 7.95. The highest BCUT2D eigenvalue weighted by Crippen LogP contribution is 2.72. The second kappa shape index (κ2) is 10.8. The van der Waals surface area contributed by atoms with Crippen LogP contribution in [0.25, 0.3) is 11.1 Å². The highest BCUT2D eigenvalue weighted by Gasteiger charge is 2.61. The zero-order chi connectivity index (χ0) is 27.0. The summed E-state index contributed by atoms with van der Waals surface area (Å²) in [4.78, 5) is 38.8. The highest BCUT2D eigenvalue weighted by atomic mass is 32.2. The average molecular weight is 562 g/mol. The Kier molecular flexibility index (Phi) is 7.29. The van der Waals surface area contributed by atoms with Crippen molar-refractivity contribution in [1.29, 1.82) is 0 Å². The molecule has 1 aromatic heterocycles. The van der Waals surface area contributed by atoms with E-state index in [2.05, 4.69) is 29.3 Å². The first-order chi connectivity index (χ1) is 19.0. The van der Waals surface area contributed by atoms with Gasteiger partial charge in [-0.3, -0.25) is 9.59 Å². The standard InChI is InChI=1S/C30H33N5O2S2.H2/c1-3-30-19-24(30)25-26(32-29(33-27(25)39-30)38-18-13-31-20(2)36)34-14-16-35(17-15-34)28(37)23-11-9-22(10-12-23)21-7-5-4-6-8-21;/h4-12,24H,3,13-19H2,1-2H3,(H,31,36);1H. The number of hydrogen-bond donors (Lipinski definition) is 1. The molecule has 7 nitrogen and oxygen atoms in total. The van der Waals surface area contributed by atoms with E-state index in [1.807, 2.05) is 59.1 Å². The summed E-state index contributed by atoms with van der Waals surface area (Å²) in [5.74, 6) is 2.37. The van der Waals surface area contributed by atoms with Crippen LogP contribution < -0.4 is 10.2 Å². The normalized spacial score (nSPS) is 21.3. The van der Waals surface area contributed by atoms with Gasteiger partial charge in [0, 0.05) is 68.6 Å². The Morgan fingerprint density at radius 1 is 1.05 bits per heavy atom. The topological polar surface area (TPSA) is 78.4 Å². The van der Waals surface area contributed by atoms with Crippen LogP contribution >= 0.6 is 23.5 Å². The van der Waals surface area contributed by atoms with Gasteiger partial charge in [-0.25, -0.2) is 9.97 Å². The number of anilines is 1. The summed E-state index contributed by atoms with van der Waals surface area (Å²) in [7, 11) is 0. The molecule has 3 aromatic rings. The smallest absolute Gasteiger partial charge is 0.253 e. The van der Waals surface area contributed by atoms with Gasteiger partial charge in [0.2, 0.25) is 5.91 Å². The van der Waals surface area contributed by atoms with Gasteiger partial charge in [-0.1, -0.05) is 72.9 Å². The molecule has 1 aliphatic carbocycles. The largest absolute Gasteiger partial charge is 0.356 e. The van der Waals surface area contributed by atoms with Crippen LogP contribution in [0.3, 0.4) is 0 Å². The number of nitrogens with zero attached hydrogens (tertiary/aromatic N) is 4. The lowest BCUT2D eigenvalue weighted by atomic mass is 10.0. The number of rotatable bonds is 8. The Bertz CT molecular complexity index is 1380. The van der Waals surface area contributed by atoms with Crippen molar-refractivity contribution in [2.75, 3.05) is 43.4 Å². The lowest BCUT2D eigenvalue weighted by Crippen LogP contribution is -2.49. The minimum absolute atomic E-state index is 0. The molecule has 2 atom stereocenters. The van der Waals surface area contributed by atoms with Crippen molar-refractivity contribution in [3.05, 3.63) is 65.7 Å². The molecule has 3 aliphatic rings. The van der Waals surface area contributed by atoms with Crippen molar-refractivity contribution in [2.45, 2.75) is 47.5 Å². The number of benzene rings is 2. The van der Waals surface area contributed by atoms with E-state index in [0.29, 0.717) is 25.6 Å². The molecule has 2 aliphatic heterocycles. The van der Waals surface area contributed by atoms with Crippen LogP contribution in [0, 0.1) is 0 Å². The minimum atomic E-state index is -0.0220. The Labute approximate surface area is 239 Å². The number of aromatic nitrogens is 2. The second-order valence-electron chi connectivity index (χ2n) is 10.4.